The molecule has 0 bridgehead atoms. The molecule has 0 aliphatic rings. The molecule has 2 aromatic rings. The van der Waals surface area contributed by atoms with Crippen LogP contribution in [-0.4, -0.2) is 13.2 Å². The van der Waals surface area contributed by atoms with Gasteiger partial charge in [0.1, 0.15) is 5.75 Å². The molecule has 0 unspecified atom stereocenters. The van der Waals surface area contributed by atoms with Gasteiger partial charge in [-0.25, -0.2) is 0 Å². The highest BCUT2D eigenvalue weighted by molar-refractivity contribution is 7.07. The highest BCUT2D eigenvalue weighted by Gasteiger charge is 2.11. The van der Waals surface area contributed by atoms with Crippen molar-refractivity contribution in [1.29, 1.82) is 0 Å². The summed E-state index contributed by atoms with van der Waals surface area (Å²) in [7, 11) is 2.04. The van der Waals surface area contributed by atoms with E-state index < -0.39 is 0 Å². The number of rotatable bonds is 5. The summed E-state index contributed by atoms with van der Waals surface area (Å²) in [6, 6.07) is 8.05. The van der Waals surface area contributed by atoms with Gasteiger partial charge in [0.2, 0.25) is 0 Å². The summed E-state index contributed by atoms with van der Waals surface area (Å²) in [5, 5.41) is 4.24. The summed E-state index contributed by atoms with van der Waals surface area (Å²) < 4.78 is 5.72. The molecule has 1 aromatic heterocycles. The molecule has 0 aliphatic heterocycles. The summed E-state index contributed by atoms with van der Waals surface area (Å²) in [5.74, 6) is 0.754. The second-order valence-corrected chi connectivity index (χ2v) is 5.62. The Morgan fingerprint density at radius 3 is 2.74 bits per heavy atom. The molecule has 2 N–H and O–H groups in total. The van der Waals surface area contributed by atoms with Crippen molar-refractivity contribution in [3.8, 4) is 5.75 Å². The molecule has 0 spiro atoms. The van der Waals surface area contributed by atoms with Gasteiger partial charge in [0, 0.05) is 13.6 Å². The molecule has 102 valence electrons. The summed E-state index contributed by atoms with van der Waals surface area (Å²) in [6.07, 6.45) is 0.125. The zero-order valence-corrected chi connectivity index (χ0v) is 12.4. The highest BCUT2D eigenvalue weighted by atomic mass is 32.1. The first kappa shape index (κ1) is 13.7. The molecule has 1 heterocycles. The topological polar surface area (TPSA) is 38.5 Å². The normalized spacial score (nSPS) is 10.7. The van der Waals surface area contributed by atoms with E-state index in [0.29, 0.717) is 5.69 Å². The largest absolute Gasteiger partial charge is 0.489 e. The Morgan fingerprint density at radius 1 is 1.32 bits per heavy atom. The van der Waals surface area contributed by atoms with E-state index in [0.717, 1.165) is 18.0 Å². The Hall–Kier alpha value is -1.68. The molecule has 0 aliphatic carbocycles. The predicted octanol–water partition coefficient (Wildman–Crippen LogP) is 3.75. The van der Waals surface area contributed by atoms with Crippen LogP contribution in [-0.2, 0) is 6.54 Å². The summed E-state index contributed by atoms with van der Waals surface area (Å²) >= 11 is 1.71. The molecule has 0 fully saturated rings. The fourth-order valence-corrected chi connectivity index (χ4v) is 2.62. The summed E-state index contributed by atoms with van der Waals surface area (Å²) in [6.45, 7) is 4.85. The van der Waals surface area contributed by atoms with Crippen molar-refractivity contribution >= 4 is 22.7 Å². The maximum Gasteiger partial charge on any atom is 0.144 e. The molecule has 0 saturated heterocycles. The van der Waals surface area contributed by atoms with E-state index >= 15 is 0 Å². The molecule has 4 heteroatoms. The van der Waals surface area contributed by atoms with Crippen molar-refractivity contribution < 1.29 is 4.74 Å². The van der Waals surface area contributed by atoms with Gasteiger partial charge in [-0.1, -0.05) is 6.07 Å². The summed E-state index contributed by atoms with van der Waals surface area (Å²) in [4.78, 5) is 2.14. The first-order valence-electron chi connectivity index (χ1n) is 6.35. The molecule has 0 amide bonds. The molecule has 3 nitrogen and oxygen atoms in total. The van der Waals surface area contributed by atoms with Crippen LogP contribution in [0.3, 0.4) is 0 Å². The fraction of sp³-hybridized carbons (Fsp3) is 0.333. The number of nitrogens with zero attached hydrogens (tertiary/aromatic N) is 1. The van der Waals surface area contributed by atoms with Crippen LogP contribution in [0.4, 0.5) is 11.4 Å². The minimum atomic E-state index is 0.125. The van der Waals surface area contributed by atoms with E-state index in [1.165, 1.54) is 5.56 Å². The Morgan fingerprint density at radius 2 is 2.11 bits per heavy atom. The SMILES string of the molecule is CC(C)Oc1cccc(N(C)Cc2ccsc2)c1N. The van der Waals surface area contributed by atoms with E-state index in [1.807, 2.05) is 39.1 Å². The zero-order chi connectivity index (χ0) is 13.8. The number of anilines is 2. The molecule has 0 radical (unpaired) electrons. The van der Waals surface area contributed by atoms with Crippen LogP contribution in [0.25, 0.3) is 0 Å². The average Bonchev–Trinajstić information content (AvgIpc) is 2.84. The maximum absolute atomic E-state index is 6.20. The Kier molecular flexibility index (Phi) is 4.32. The lowest BCUT2D eigenvalue weighted by molar-refractivity contribution is 0.244. The molecule has 2 rings (SSSR count). The molecule has 19 heavy (non-hydrogen) atoms. The third-order valence-electron chi connectivity index (χ3n) is 2.82. The van der Waals surface area contributed by atoms with E-state index in [1.54, 1.807) is 11.3 Å². The average molecular weight is 276 g/mol. The van der Waals surface area contributed by atoms with Crippen LogP contribution in [0.15, 0.2) is 35.0 Å². The Bertz CT molecular complexity index is 523. The molecule has 0 atom stereocenters. The summed E-state index contributed by atoms with van der Waals surface area (Å²) in [5.41, 5.74) is 9.20. The molecular weight excluding hydrogens is 256 g/mol. The number of nitrogens with two attached hydrogens (primary N) is 1. The lowest BCUT2D eigenvalue weighted by Crippen LogP contribution is -2.18. The van der Waals surface area contributed by atoms with Crippen LogP contribution >= 0.6 is 11.3 Å². The van der Waals surface area contributed by atoms with Crippen molar-refractivity contribution in [2.75, 3.05) is 17.7 Å². The Balaban J connectivity index is 2.19. The van der Waals surface area contributed by atoms with E-state index in [-0.39, 0.29) is 6.10 Å². The highest BCUT2D eigenvalue weighted by Crippen LogP contribution is 2.33. The van der Waals surface area contributed by atoms with Crippen LogP contribution < -0.4 is 15.4 Å². The van der Waals surface area contributed by atoms with Gasteiger partial charge in [0.25, 0.3) is 0 Å². The number of benzene rings is 1. The van der Waals surface area contributed by atoms with E-state index in [2.05, 4.69) is 21.7 Å². The second kappa shape index (κ2) is 5.97. The van der Waals surface area contributed by atoms with Gasteiger partial charge >= 0.3 is 0 Å². The van der Waals surface area contributed by atoms with Crippen LogP contribution in [0.5, 0.6) is 5.75 Å². The van der Waals surface area contributed by atoms with Crippen LogP contribution in [0.2, 0.25) is 0 Å². The zero-order valence-electron chi connectivity index (χ0n) is 11.6. The maximum atomic E-state index is 6.20. The fourth-order valence-electron chi connectivity index (χ4n) is 1.96. The van der Waals surface area contributed by atoms with Crippen molar-refractivity contribution in [3.05, 3.63) is 40.6 Å². The number of thiophene rings is 1. The van der Waals surface area contributed by atoms with Gasteiger partial charge in [0.05, 0.1) is 17.5 Å². The van der Waals surface area contributed by atoms with Gasteiger partial charge in [-0.3, -0.25) is 0 Å². The van der Waals surface area contributed by atoms with Gasteiger partial charge in [-0.15, -0.1) is 0 Å². The smallest absolute Gasteiger partial charge is 0.144 e. The van der Waals surface area contributed by atoms with Gasteiger partial charge in [0.15, 0.2) is 0 Å². The lowest BCUT2D eigenvalue weighted by Gasteiger charge is -2.22. The standard InChI is InChI=1S/C15H20N2OS/c1-11(2)18-14-6-4-5-13(15(14)16)17(3)9-12-7-8-19-10-12/h4-8,10-11H,9,16H2,1-3H3. The van der Waals surface area contributed by atoms with Crippen LogP contribution in [0.1, 0.15) is 19.4 Å². The number of hydrogen-bond acceptors (Lipinski definition) is 4. The molecule has 0 saturated carbocycles. The van der Waals surface area contributed by atoms with Crippen molar-refractivity contribution in [1.82, 2.24) is 0 Å². The third kappa shape index (κ3) is 3.41. The predicted molar refractivity (Wildman–Crippen MR) is 83.0 cm³/mol. The third-order valence-corrected chi connectivity index (χ3v) is 3.55. The van der Waals surface area contributed by atoms with Crippen molar-refractivity contribution in [2.24, 2.45) is 0 Å². The van der Waals surface area contributed by atoms with Gasteiger partial charge in [-0.2, -0.15) is 11.3 Å². The molecule has 1 aromatic carbocycles. The number of para-hydroxylation sites is 1. The van der Waals surface area contributed by atoms with E-state index in [4.69, 9.17) is 10.5 Å². The molecular formula is C15H20N2OS. The lowest BCUT2D eigenvalue weighted by atomic mass is 10.2. The minimum Gasteiger partial charge on any atom is -0.489 e. The van der Waals surface area contributed by atoms with Crippen molar-refractivity contribution in [3.63, 3.8) is 0 Å². The van der Waals surface area contributed by atoms with Gasteiger partial charge < -0.3 is 15.4 Å². The monoisotopic (exact) mass is 276 g/mol. The Labute approximate surface area is 118 Å². The number of ether oxygens (including phenoxy) is 1. The first-order valence-corrected chi connectivity index (χ1v) is 7.29. The van der Waals surface area contributed by atoms with E-state index in [9.17, 15) is 0 Å². The first-order chi connectivity index (χ1) is 9.08. The van der Waals surface area contributed by atoms with Crippen LogP contribution in [0, 0.1) is 0 Å². The van der Waals surface area contributed by atoms with Crippen molar-refractivity contribution in [2.45, 2.75) is 26.5 Å². The minimum absolute atomic E-state index is 0.125. The number of nitrogen functional groups attached to an aromatic ring is 1. The van der Waals surface area contributed by atoms with Gasteiger partial charge in [-0.05, 0) is 48.4 Å². The quantitative estimate of drug-likeness (QED) is 0.845. The number of hydrogen-bond donors (Lipinski definition) is 1. The second-order valence-electron chi connectivity index (χ2n) is 4.84.